The number of aliphatic carboxylic acids is 2. The first-order valence-corrected chi connectivity index (χ1v) is 11.9. The van der Waals surface area contributed by atoms with Gasteiger partial charge in [0.05, 0.1) is 11.7 Å². The third-order valence-electron chi connectivity index (χ3n) is 5.83. The number of para-hydroxylation sites is 1. The summed E-state index contributed by atoms with van der Waals surface area (Å²) in [7, 11) is 0. The van der Waals surface area contributed by atoms with Crippen molar-refractivity contribution in [3.63, 3.8) is 0 Å². The Bertz CT molecular complexity index is 784. The minimum Gasteiger partial charge on any atom is -0.480 e. The summed E-state index contributed by atoms with van der Waals surface area (Å²) in [6, 6.07) is 6.13. The minimum atomic E-state index is -1.11. The highest BCUT2D eigenvalue weighted by atomic mass is 32.2. The lowest BCUT2D eigenvalue weighted by Gasteiger charge is -2.26. The van der Waals surface area contributed by atoms with Crippen molar-refractivity contribution in [2.45, 2.75) is 68.0 Å². The van der Waals surface area contributed by atoms with E-state index in [1.54, 1.807) is 12.1 Å². The quantitative estimate of drug-likeness (QED) is 0.380. The van der Waals surface area contributed by atoms with Crippen LogP contribution in [0.3, 0.4) is 0 Å². The molecule has 9 heteroatoms. The minimum absolute atomic E-state index is 0.346. The maximum absolute atomic E-state index is 13.1. The SMILES string of the molecule is O=C(O)CN1C(=O)C(N[C@H](CCCCNC2CCCC2)C(=O)O)CSc2ccccc21. The van der Waals surface area contributed by atoms with E-state index in [-0.39, 0.29) is 0 Å². The zero-order valence-corrected chi connectivity index (χ0v) is 18.4. The fourth-order valence-corrected chi connectivity index (χ4v) is 5.29. The van der Waals surface area contributed by atoms with Gasteiger partial charge in [-0.05, 0) is 44.4 Å². The van der Waals surface area contributed by atoms with E-state index >= 15 is 0 Å². The number of anilines is 1. The van der Waals surface area contributed by atoms with E-state index in [1.807, 2.05) is 12.1 Å². The summed E-state index contributed by atoms with van der Waals surface area (Å²) in [5.41, 5.74) is 0.550. The molecule has 1 heterocycles. The van der Waals surface area contributed by atoms with E-state index in [0.717, 1.165) is 24.3 Å². The molecule has 1 fully saturated rings. The molecule has 3 rings (SSSR count). The molecule has 1 aliphatic heterocycles. The maximum atomic E-state index is 13.1. The van der Waals surface area contributed by atoms with Crippen molar-refractivity contribution >= 4 is 35.3 Å². The van der Waals surface area contributed by atoms with Gasteiger partial charge in [-0.2, -0.15) is 0 Å². The molecule has 0 aromatic heterocycles. The number of fused-ring (bicyclic) bond motifs is 1. The number of nitrogens with zero attached hydrogens (tertiary/aromatic N) is 1. The van der Waals surface area contributed by atoms with E-state index in [2.05, 4.69) is 10.6 Å². The molecule has 0 spiro atoms. The summed E-state index contributed by atoms with van der Waals surface area (Å²) in [5.74, 6) is -2.17. The number of carbonyl (C=O) groups excluding carboxylic acids is 1. The first-order chi connectivity index (χ1) is 15.0. The smallest absolute Gasteiger partial charge is 0.323 e. The lowest BCUT2D eigenvalue weighted by molar-refractivity contribution is -0.140. The van der Waals surface area contributed by atoms with E-state index < -0.39 is 36.5 Å². The second-order valence-corrected chi connectivity index (χ2v) is 9.20. The van der Waals surface area contributed by atoms with Crippen molar-refractivity contribution in [1.82, 2.24) is 10.6 Å². The second-order valence-electron chi connectivity index (χ2n) is 8.14. The molecule has 0 saturated heterocycles. The van der Waals surface area contributed by atoms with Crippen LogP contribution in [0.5, 0.6) is 0 Å². The molecule has 31 heavy (non-hydrogen) atoms. The van der Waals surface area contributed by atoms with Gasteiger partial charge in [-0.1, -0.05) is 31.4 Å². The molecule has 4 N–H and O–H groups in total. The number of benzene rings is 1. The molecule has 2 aliphatic rings. The van der Waals surface area contributed by atoms with Crippen molar-refractivity contribution in [3.8, 4) is 0 Å². The van der Waals surface area contributed by atoms with Crippen molar-refractivity contribution in [3.05, 3.63) is 24.3 Å². The molecule has 1 aromatic carbocycles. The Balaban J connectivity index is 1.58. The topological polar surface area (TPSA) is 119 Å². The summed E-state index contributed by atoms with van der Waals surface area (Å²) in [5, 5.41) is 25.5. The van der Waals surface area contributed by atoms with Crippen LogP contribution in [-0.4, -0.2) is 65.0 Å². The number of nitrogens with one attached hydrogen (secondary N) is 2. The second kappa shape index (κ2) is 11.5. The van der Waals surface area contributed by atoms with Gasteiger partial charge in [0.1, 0.15) is 12.6 Å². The highest BCUT2D eigenvalue weighted by molar-refractivity contribution is 7.99. The van der Waals surface area contributed by atoms with Gasteiger partial charge in [-0.3, -0.25) is 24.6 Å². The average molecular weight is 450 g/mol. The molecular weight excluding hydrogens is 418 g/mol. The number of hydrogen-bond acceptors (Lipinski definition) is 6. The molecule has 1 saturated carbocycles. The van der Waals surface area contributed by atoms with Gasteiger partial charge in [-0.15, -0.1) is 11.8 Å². The van der Waals surface area contributed by atoms with Crippen LogP contribution in [-0.2, 0) is 14.4 Å². The number of unbranched alkanes of at least 4 members (excludes halogenated alkanes) is 1. The van der Waals surface area contributed by atoms with Gasteiger partial charge in [0.15, 0.2) is 0 Å². The van der Waals surface area contributed by atoms with Gasteiger partial charge in [0.2, 0.25) is 5.91 Å². The van der Waals surface area contributed by atoms with Crippen molar-refractivity contribution in [2.75, 3.05) is 23.7 Å². The molecular formula is C22H31N3O5S. The molecule has 2 atom stereocenters. The molecule has 1 aromatic rings. The summed E-state index contributed by atoms with van der Waals surface area (Å²) in [6.45, 7) is 0.413. The van der Waals surface area contributed by atoms with E-state index in [0.29, 0.717) is 23.9 Å². The molecule has 1 unspecified atom stereocenters. The third-order valence-corrected chi connectivity index (χ3v) is 6.98. The van der Waals surface area contributed by atoms with Gasteiger partial charge in [0.25, 0.3) is 0 Å². The highest BCUT2D eigenvalue weighted by Gasteiger charge is 2.34. The number of carbonyl (C=O) groups is 3. The first kappa shape index (κ1) is 23.6. The Morgan fingerprint density at radius 1 is 1.16 bits per heavy atom. The van der Waals surface area contributed by atoms with Gasteiger partial charge < -0.3 is 15.5 Å². The largest absolute Gasteiger partial charge is 0.480 e. The van der Waals surface area contributed by atoms with Crippen LogP contribution in [0.4, 0.5) is 5.69 Å². The number of rotatable bonds is 11. The molecule has 1 amide bonds. The Labute approximate surface area is 186 Å². The fraction of sp³-hybridized carbons (Fsp3) is 0.591. The van der Waals surface area contributed by atoms with Crippen LogP contribution in [0.2, 0.25) is 0 Å². The van der Waals surface area contributed by atoms with Crippen LogP contribution in [0.25, 0.3) is 0 Å². The van der Waals surface area contributed by atoms with Crippen LogP contribution in [0.1, 0.15) is 44.9 Å². The lowest BCUT2D eigenvalue weighted by Crippen LogP contribution is -2.53. The van der Waals surface area contributed by atoms with Crippen LogP contribution in [0.15, 0.2) is 29.2 Å². The van der Waals surface area contributed by atoms with E-state index in [4.69, 9.17) is 0 Å². The summed E-state index contributed by atoms with van der Waals surface area (Å²) < 4.78 is 0. The first-order valence-electron chi connectivity index (χ1n) is 10.9. The zero-order chi connectivity index (χ0) is 22.2. The lowest BCUT2D eigenvalue weighted by atomic mass is 10.1. The maximum Gasteiger partial charge on any atom is 0.323 e. The van der Waals surface area contributed by atoms with Crippen molar-refractivity contribution in [2.24, 2.45) is 0 Å². The number of amides is 1. The molecule has 8 nitrogen and oxygen atoms in total. The number of carboxylic acids is 2. The van der Waals surface area contributed by atoms with Gasteiger partial charge >= 0.3 is 11.9 Å². The molecule has 1 aliphatic carbocycles. The highest BCUT2D eigenvalue weighted by Crippen LogP contribution is 2.34. The molecule has 0 radical (unpaired) electrons. The van der Waals surface area contributed by atoms with E-state index in [1.165, 1.54) is 42.3 Å². The number of thioether (sulfide) groups is 1. The number of hydrogen-bond donors (Lipinski definition) is 4. The van der Waals surface area contributed by atoms with Crippen LogP contribution >= 0.6 is 11.8 Å². The Hall–Kier alpha value is -2.10. The monoisotopic (exact) mass is 449 g/mol. The normalized spacial score (nSPS) is 20.3. The average Bonchev–Trinajstić information content (AvgIpc) is 3.22. The Kier molecular flexibility index (Phi) is 8.74. The van der Waals surface area contributed by atoms with Crippen LogP contribution < -0.4 is 15.5 Å². The molecule has 170 valence electrons. The predicted octanol–water partition coefficient (Wildman–Crippen LogP) is 2.32. The van der Waals surface area contributed by atoms with Gasteiger partial charge in [-0.25, -0.2) is 0 Å². The summed E-state index contributed by atoms with van der Waals surface area (Å²) in [4.78, 5) is 38.3. The van der Waals surface area contributed by atoms with Gasteiger partial charge in [0, 0.05) is 16.7 Å². The summed E-state index contributed by atoms with van der Waals surface area (Å²) >= 11 is 1.43. The van der Waals surface area contributed by atoms with Crippen molar-refractivity contribution < 1.29 is 24.6 Å². The standard InChI is InChI=1S/C22H31N3O5S/c26-20(27)13-25-18-10-3-4-11-19(18)31-14-17(21(25)28)24-16(22(29)30)9-5-6-12-23-15-7-1-2-8-15/h3-4,10-11,15-17,23-24H,1-2,5-9,12-14H2,(H,26,27)(H,29,30)/t16-,17?/m1/s1. The van der Waals surface area contributed by atoms with Crippen molar-refractivity contribution in [1.29, 1.82) is 0 Å². The number of carboxylic acid groups (broad SMARTS) is 2. The summed E-state index contributed by atoms with van der Waals surface area (Å²) in [6.07, 6.45) is 7.02. The predicted molar refractivity (Wildman–Crippen MR) is 120 cm³/mol. The Morgan fingerprint density at radius 2 is 1.90 bits per heavy atom. The fourth-order valence-electron chi connectivity index (χ4n) is 4.20. The molecule has 0 bridgehead atoms. The van der Waals surface area contributed by atoms with E-state index in [9.17, 15) is 24.6 Å². The third kappa shape index (κ3) is 6.69. The zero-order valence-electron chi connectivity index (χ0n) is 17.6. The Morgan fingerprint density at radius 3 is 2.61 bits per heavy atom. The van der Waals surface area contributed by atoms with Crippen LogP contribution in [0, 0.1) is 0 Å².